The molecule has 0 spiro atoms. The van der Waals surface area contributed by atoms with E-state index in [1.165, 1.54) is 0 Å². The highest BCUT2D eigenvalue weighted by molar-refractivity contribution is 6.03. The second-order valence-corrected chi connectivity index (χ2v) is 8.94. The molecule has 5 rings (SSSR count). The fourth-order valence-corrected chi connectivity index (χ4v) is 4.72. The highest BCUT2D eigenvalue weighted by Crippen LogP contribution is 2.52. The maximum absolute atomic E-state index is 14.5. The van der Waals surface area contributed by atoms with Crippen LogP contribution in [0.15, 0.2) is 16.5 Å². The van der Waals surface area contributed by atoms with Crippen molar-refractivity contribution in [2.24, 2.45) is 11.8 Å². The Kier molecular flexibility index (Phi) is 5.44. The van der Waals surface area contributed by atoms with Crippen molar-refractivity contribution in [1.29, 1.82) is 0 Å². The molecule has 1 N–H and O–H groups in total. The first kappa shape index (κ1) is 22.0. The normalized spacial score (nSPS) is 24.2. The summed E-state index contributed by atoms with van der Waals surface area (Å²) < 4.78 is 78.8. The van der Waals surface area contributed by atoms with Gasteiger partial charge in [-0.2, -0.15) is 18.2 Å². The van der Waals surface area contributed by atoms with Crippen molar-refractivity contribution in [3.8, 4) is 5.75 Å². The number of nitrogens with zero attached hydrogens (tertiary/aromatic N) is 2. The van der Waals surface area contributed by atoms with E-state index >= 15 is 0 Å². The first-order chi connectivity index (χ1) is 15.7. The van der Waals surface area contributed by atoms with Gasteiger partial charge in [-0.25, -0.2) is 8.78 Å². The predicted molar refractivity (Wildman–Crippen MR) is 107 cm³/mol. The minimum atomic E-state index is -4.63. The number of fused-ring (bicyclic) bond motifs is 1. The lowest BCUT2D eigenvalue weighted by molar-refractivity contribution is -0.130. The Bertz CT molecular complexity index is 1030. The molecule has 1 aromatic carbocycles. The Hall–Kier alpha value is -2.85. The molecular formula is C22H22F5N3O3. The average molecular weight is 471 g/mol. The van der Waals surface area contributed by atoms with Gasteiger partial charge in [-0.3, -0.25) is 4.79 Å². The van der Waals surface area contributed by atoms with Crippen LogP contribution < -0.4 is 15.0 Å². The summed E-state index contributed by atoms with van der Waals surface area (Å²) in [6.45, 7) is 1.10. The molecule has 1 saturated heterocycles. The van der Waals surface area contributed by atoms with E-state index in [-0.39, 0.29) is 17.8 Å². The molecule has 33 heavy (non-hydrogen) atoms. The second kappa shape index (κ2) is 8.18. The number of rotatable bonds is 6. The zero-order valence-corrected chi connectivity index (χ0v) is 17.6. The van der Waals surface area contributed by atoms with Gasteiger partial charge in [-0.05, 0) is 43.9 Å². The third-order valence-electron chi connectivity index (χ3n) is 6.38. The van der Waals surface area contributed by atoms with Gasteiger partial charge in [0.2, 0.25) is 0 Å². The van der Waals surface area contributed by atoms with Crippen molar-refractivity contribution >= 4 is 17.6 Å². The number of nitrogens with one attached hydrogen (secondary N) is 1. The monoisotopic (exact) mass is 471 g/mol. The number of hydrogen-bond donors (Lipinski definition) is 1. The van der Waals surface area contributed by atoms with E-state index in [4.69, 9.17) is 9.15 Å². The molecule has 11 heteroatoms. The summed E-state index contributed by atoms with van der Waals surface area (Å²) in [4.78, 5) is 18.3. The number of aromatic nitrogens is 1. The predicted octanol–water partition coefficient (Wildman–Crippen LogP) is 5.09. The van der Waals surface area contributed by atoms with Crippen LogP contribution in [0.4, 0.5) is 33.7 Å². The van der Waals surface area contributed by atoms with Crippen molar-refractivity contribution in [2.45, 2.75) is 50.8 Å². The SMILES string of the molecule is O=C(Nc1cc(F)c(OC2C[C@@H]3C[C@@H]3C2)c(F)c1)c1nc(N2CCCC2)oc1CC(F)(F)F. The maximum Gasteiger partial charge on any atom is 0.396 e. The van der Waals surface area contributed by atoms with Crippen LogP contribution in [-0.4, -0.2) is 36.3 Å². The summed E-state index contributed by atoms with van der Waals surface area (Å²) >= 11 is 0. The molecule has 1 unspecified atom stereocenters. The summed E-state index contributed by atoms with van der Waals surface area (Å²) in [5, 5.41) is 2.22. The lowest BCUT2D eigenvalue weighted by Gasteiger charge is -2.17. The number of alkyl halides is 3. The Morgan fingerprint density at radius 1 is 1.12 bits per heavy atom. The summed E-state index contributed by atoms with van der Waals surface area (Å²) in [5.74, 6) is -3.08. The molecule has 6 nitrogen and oxygen atoms in total. The number of oxazole rings is 1. The van der Waals surface area contributed by atoms with Gasteiger partial charge in [-0.15, -0.1) is 0 Å². The van der Waals surface area contributed by atoms with Crippen LogP contribution in [0.3, 0.4) is 0 Å². The van der Waals surface area contributed by atoms with Crippen LogP contribution >= 0.6 is 0 Å². The summed E-state index contributed by atoms with van der Waals surface area (Å²) in [6, 6.07) is 1.67. The zero-order valence-electron chi connectivity index (χ0n) is 17.6. The van der Waals surface area contributed by atoms with Crippen LogP contribution in [-0.2, 0) is 6.42 Å². The number of ether oxygens (including phenoxy) is 1. The first-order valence-electron chi connectivity index (χ1n) is 10.9. The molecule has 178 valence electrons. The Balaban J connectivity index is 1.34. The highest BCUT2D eigenvalue weighted by atomic mass is 19.4. The van der Waals surface area contributed by atoms with Crippen molar-refractivity contribution in [1.82, 2.24) is 4.98 Å². The number of carbonyl (C=O) groups excluding carboxylic acids is 1. The lowest BCUT2D eigenvalue weighted by Crippen LogP contribution is -2.20. The molecule has 2 aromatic rings. The van der Waals surface area contributed by atoms with E-state index in [0.29, 0.717) is 24.9 Å². The first-order valence-corrected chi connectivity index (χ1v) is 10.9. The quantitative estimate of drug-likeness (QED) is 0.595. The van der Waals surface area contributed by atoms with Gasteiger partial charge in [0.15, 0.2) is 23.1 Å². The Morgan fingerprint density at radius 3 is 2.36 bits per heavy atom. The van der Waals surface area contributed by atoms with Crippen molar-refractivity contribution < 1.29 is 35.9 Å². The highest BCUT2D eigenvalue weighted by Gasteiger charge is 2.47. The fraction of sp³-hybridized carbons (Fsp3) is 0.545. The van der Waals surface area contributed by atoms with E-state index in [1.54, 1.807) is 4.90 Å². The lowest BCUT2D eigenvalue weighted by atomic mass is 10.2. The summed E-state index contributed by atoms with van der Waals surface area (Å²) in [6.07, 6.45) is -2.06. The summed E-state index contributed by atoms with van der Waals surface area (Å²) in [7, 11) is 0. The van der Waals surface area contributed by atoms with Crippen molar-refractivity contribution in [2.75, 3.05) is 23.3 Å². The van der Waals surface area contributed by atoms with Crippen LogP contribution in [0.5, 0.6) is 5.75 Å². The van der Waals surface area contributed by atoms with Gasteiger partial charge in [0.05, 0.1) is 6.10 Å². The third-order valence-corrected chi connectivity index (χ3v) is 6.38. The minimum absolute atomic E-state index is 0.0763. The van der Waals surface area contributed by atoms with E-state index < -0.39 is 47.3 Å². The molecule has 2 saturated carbocycles. The van der Waals surface area contributed by atoms with Crippen molar-refractivity contribution in [3.63, 3.8) is 0 Å². The third kappa shape index (κ3) is 4.77. The van der Waals surface area contributed by atoms with Crippen molar-refractivity contribution in [3.05, 3.63) is 35.2 Å². The summed E-state index contributed by atoms with van der Waals surface area (Å²) in [5.41, 5.74) is -0.833. The number of amides is 1. The van der Waals surface area contributed by atoms with Gasteiger partial charge < -0.3 is 19.4 Å². The molecule has 1 amide bonds. The molecule has 1 aromatic heterocycles. The molecule has 3 aliphatic rings. The number of anilines is 2. The number of halogens is 5. The van der Waals surface area contributed by atoms with Crippen LogP contribution in [0.1, 0.15) is 48.4 Å². The smallest absolute Gasteiger partial charge is 0.396 e. The number of hydrogen-bond acceptors (Lipinski definition) is 5. The molecular weight excluding hydrogens is 449 g/mol. The Morgan fingerprint density at radius 2 is 1.76 bits per heavy atom. The molecule has 2 heterocycles. The molecule has 0 bridgehead atoms. The van der Waals surface area contributed by atoms with Gasteiger partial charge in [0, 0.05) is 30.9 Å². The molecule has 3 atom stereocenters. The fourth-order valence-electron chi connectivity index (χ4n) is 4.72. The van der Waals surface area contributed by atoms with Crippen LogP contribution in [0, 0.1) is 23.5 Å². The minimum Gasteiger partial charge on any atom is -0.484 e. The second-order valence-electron chi connectivity index (χ2n) is 8.94. The molecule has 3 fully saturated rings. The Labute approximate surface area is 186 Å². The average Bonchev–Trinajstić information content (AvgIpc) is 3.13. The molecule has 0 radical (unpaired) electrons. The standard InChI is InChI=1S/C22H22F5N3O3/c23-15-8-13(9-16(24)19(15)32-14-6-11-5-12(11)7-14)28-20(31)18-17(10-22(25,26)27)33-21(29-18)30-3-1-2-4-30/h8-9,11-12,14H,1-7,10H2,(H,28,31)/t11-,12+,14?. The maximum atomic E-state index is 14.5. The molecule has 1 aliphatic heterocycles. The zero-order chi connectivity index (χ0) is 23.3. The van der Waals surface area contributed by atoms with Gasteiger partial charge >= 0.3 is 6.18 Å². The van der Waals surface area contributed by atoms with E-state index in [1.807, 2.05) is 0 Å². The van der Waals surface area contributed by atoms with E-state index in [2.05, 4.69) is 10.3 Å². The number of benzene rings is 1. The van der Waals surface area contributed by atoms with Crippen LogP contribution in [0.25, 0.3) is 0 Å². The molecule has 2 aliphatic carbocycles. The topological polar surface area (TPSA) is 67.6 Å². The van der Waals surface area contributed by atoms with Gasteiger partial charge in [0.1, 0.15) is 12.2 Å². The van der Waals surface area contributed by atoms with Crippen LogP contribution in [0.2, 0.25) is 0 Å². The largest absolute Gasteiger partial charge is 0.484 e. The van der Waals surface area contributed by atoms with Gasteiger partial charge in [0.25, 0.3) is 11.9 Å². The van der Waals surface area contributed by atoms with E-state index in [0.717, 1.165) is 44.2 Å². The number of carbonyl (C=O) groups is 1. The van der Waals surface area contributed by atoms with E-state index in [9.17, 15) is 26.7 Å². The van der Waals surface area contributed by atoms with Gasteiger partial charge in [-0.1, -0.05) is 0 Å².